The van der Waals surface area contributed by atoms with Crippen molar-refractivity contribution in [1.29, 1.82) is 0 Å². The molecule has 0 aromatic carbocycles. The summed E-state index contributed by atoms with van der Waals surface area (Å²) >= 11 is 0. The number of nitrogens with zero attached hydrogens (tertiary/aromatic N) is 2. The molecule has 2 heterocycles. The van der Waals surface area contributed by atoms with Gasteiger partial charge >= 0.3 is 0 Å². The summed E-state index contributed by atoms with van der Waals surface area (Å²) in [5, 5.41) is 5.60. The van der Waals surface area contributed by atoms with Crippen molar-refractivity contribution in [1.82, 2.24) is 19.5 Å². The fourth-order valence-corrected chi connectivity index (χ4v) is 3.58. The second kappa shape index (κ2) is 5.32. The normalized spacial score (nSPS) is 17.4. The van der Waals surface area contributed by atoms with Crippen LogP contribution in [-0.2, 0) is 17.1 Å². The average molecular weight is 286 g/mol. The van der Waals surface area contributed by atoms with Crippen LogP contribution in [0, 0.1) is 0 Å². The predicted octanol–water partition coefficient (Wildman–Crippen LogP) is -1.02. The average Bonchev–Trinajstić information content (AvgIpc) is 2.81. The van der Waals surface area contributed by atoms with Crippen LogP contribution < -0.4 is 10.6 Å². The number of carbonyl (C=O) groups is 1. The molecule has 1 fully saturated rings. The summed E-state index contributed by atoms with van der Waals surface area (Å²) in [6.45, 7) is 2.20. The summed E-state index contributed by atoms with van der Waals surface area (Å²) in [4.78, 5) is 11.8. The summed E-state index contributed by atoms with van der Waals surface area (Å²) < 4.78 is 27.8. The molecule has 0 atom stereocenters. The van der Waals surface area contributed by atoms with Gasteiger partial charge in [-0.05, 0) is 6.07 Å². The van der Waals surface area contributed by atoms with Crippen molar-refractivity contribution in [2.75, 3.05) is 33.2 Å². The molecule has 19 heavy (non-hydrogen) atoms. The molecule has 1 aromatic rings. The van der Waals surface area contributed by atoms with Crippen LogP contribution in [0.3, 0.4) is 0 Å². The molecule has 1 saturated heterocycles. The molecule has 0 aliphatic carbocycles. The van der Waals surface area contributed by atoms with E-state index in [1.165, 1.54) is 28.2 Å². The highest BCUT2D eigenvalue weighted by molar-refractivity contribution is 7.89. The Bertz CT molecular complexity index is 573. The molecule has 0 radical (unpaired) electrons. The van der Waals surface area contributed by atoms with Gasteiger partial charge in [0.2, 0.25) is 10.0 Å². The minimum Gasteiger partial charge on any atom is -0.354 e. The Morgan fingerprint density at radius 1 is 1.37 bits per heavy atom. The number of aromatic nitrogens is 1. The molecule has 2 rings (SSSR count). The highest BCUT2D eigenvalue weighted by Gasteiger charge is 2.28. The number of carbonyl (C=O) groups excluding carboxylic acids is 1. The Kier molecular flexibility index (Phi) is 3.93. The highest BCUT2D eigenvalue weighted by atomic mass is 32.2. The topological polar surface area (TPSA) is 83.4 Å². The summed E-state index contributed by atoms with van der Waals surface area (Å²) in [6.07, 6.45) is 1.47. The van der Waals surface area contributed by atoms with E-state index in [0.29, 0.717) is 31.9 Å². The molecule has 8 heteroatoms. The van der Waals surface area contributed by atoms with Gasteiger partial charge in [0.1, 0.15) is 10.6 Å². The van der Waals surface area contributed by atoms with Crippen molar-refractivity contribution in [3.05, 3.63) is 18.0 Å². The lowest BCUT2D eigenvalue weighted by Gasteiger charge is -2.26. The fourth-order valence-electron chi connectivity index (χ4n) is 2.06. The Balaban J connectivity index is 2.33. The van der Waals surface area contributed by atoms with Crippen molar-refractivity contribution < 1.29 is 13.2 Å². The Labute approximate surface area is 112 Å². The van der Waals surface area contributed by atoms with Crippen LogP contribution in [0.2, 0.25) is 0 Å². The number of amides is 1. The van der Waals surface area contributed by atoms with E-state index in [2.05, 4.69) is 10.6 Å². The molecule has 0 unspecified atom stereocenters. The maximum Gasteiger partial charge on any atom is 0.267 e. The van der Waals surface area contributed by atoms with Crippen LogP contribution in [0.1, 0.15) is 10.5 Å². The minimum absolute atomic E-state index is 0.163. The lowest BCUT2D eigenvalue weighted by atomic mass is 10.4. The Morgan fingerprint density at radius 3 is 2.58 bits per heavy atom. The smallest absolute Gasteiger partial charge is 0.267 e. The highest BCUT2D eigenvalue weighted by Crippen LogP contribution is 2.18. The maximum atomic E-state index is 12.4. The number of hydrogen-bond acceptors (Lipinski definition) is 4. The van der Waals surface area contributed by atoms with Gasteiger partial charge in [-0.2, -0.15) is 4.31 Å². The number of piperazine rings is 1. The number of sulfonamides is 1. The van der Waals surface area contributed by atoms with Gasteiger partial charge in [0.25, 0.3) is 5.91 Å². The second-order valence-electron chi connectivity index (χ2n) is 4.41. The van der Waals surface area contributed by atoms with E-state index in [1.54, 1.807) is 7.05 Å². The van der Waals surface area contributed by atoms with E-state index in [9.17, 15) is 13.2 Å². The van der Waals surface area contributed by atoms with Gasteiger partial charge in [-0.15, -0.1) is 0 Å². The molecule has 0 saturated carbocycles. The summed E-state index contributed by atoms with van der Waals surface area (Å²) in [5.41, 5.74) is 0.330. The van der Waals surface area contributed by atoms with E-state index in [4.69, 9.17) is 0 Å². The molecule has 7 nitrogen and oxygen atoms in total. The van der Waals surface area contributed by atoms with Gasteiger partial charge in [-0.25, -0.2) is 8.42 Å². The summed E-state index contributed by atoms with van der Waals surface area (Å²) in [6, 6.07) is 1.41. The number of hydrogen-bond donors (Lipinski definition) is 2. The zero-order chi connectivity index (χ0) is 14.0. The van der Waals surface area contributed by atoms with Crippen LogP contribution >= 0.6 is 0 Å². The zero-order valence-corrected chi connectivity index (χ0v) is 11.8. The number of aryl methyl sites for hydroxylation is 1. The third kappa shape index (κ3) is 2.65. The Hall–Kier alpha value is -1.38. The van der Waals surface area contributed by atoms with E-state index < -0.39 is 10.0 Å². The first-order chi connectivity index (χ1) is 8.96. The summed E-state index contributed by atoms with van der Waals surface area (Å²) in [7, 11) is -0.345. The number of nitrogens with one attached hydrogen (secondary N) is 2. The SMILES string of the molecule is CNC(=O)c1cc(S(=O)(=O)N2CCNCC2)cn1C. The van der Waals surface area contributed by atoms with Crippen molar-refractivity contribution in [2.24, 2.45) is 7.05 Å². The first-order valence-corrected chi connectivity index (χ1v) is 7.50. The van der Waals surface area contributed by atoms with Crippen molar-refractivity contribution in [3.63, 3.8) is 0 Å². The first-order valence-electron chi connectivity index (χ1n) is 6.06. The molecule has 1 aliphatic heterocycles. The third-order valence-electron chi connectivity index (χ3n) is 3.15. The molecule has 0 bridgehead atoms. The van der Waals surface area contributed by atoms with Gasteiger partial charge < -0.3 is 15.2 Å². The zero-order valence-electron chi connectivity index (χ0n) is 11.0. The van der Waals surface area contributed by atoms with Gasteiger partial charge in [-0.3, -0.25) is 4.79 Å². The van der Waals surface area contributed by atoms with Crippen molar-refractivity contribution >= 4 is 15.9 Å². The maximum absolute atomic E-state index is 12.4. The Morgan fingerprint density at radius 2 is 2.00 bits per heavy atom. The largest absolute Gasteiger partial charge is 0.354 e. The molecule has 1 aromatic heterocycles. The monoisotopic (exact) mass is 286 g/mol. The van der Waals surface area contributed by atoms with Crippen LogP contribution in [0.4, 0.5) is 0 Å². The van der Waals surface area contributed by atoms with Crippen LogP contribution in [0.25, 0.3) is 0 Å². The van der Waals surface area contributed by atoms with E-state index in [-0.39, 0.29) is 10.8 Å². The van der Waals surface area contributed by atoms with E-state index in [1.807, 2.05) is 0 Å². The molecular weight excluding hydrogens is 268 g/mol. The van der Waals surface area contributed by atoms with Gasteiger partial charge in [0.05, 0.1) is 0 Å². The van der Waals surface area contributed by atoms with Crippen molar-refractivity contribution in [3.8, 4) is 0 Å². The lowest BCUT2D eigenvalue weighted by Crippen LogP contribution is -2.46. The molecule has 1 amide bonds. The lowest BCUT2D eigenvalue weighted by molar-refractivity contribution is 0.0955. The van der Waals surface area contributed by atoms with Crippen LogP contribution in [0.5, 0.6) is 0 Å². The summed E-state index contributed by atoms with van der Waals surface area (Å²) in [5.74, 6) is -0.302. The molecule has 1 aliphatic rings. The van der Waals surface area contributed by atoms with Crippen molar-refractivity contribution in [2.45, 2.75) is 4.90 Å². The molecular formula is C11H18N4O3S. The standard InChI is InChI=1S/C11H18N4O3S/c1-12-11(16)10-7-9(8-14(10)2)19(17,18)15-5-3-13-4-6-15/h7-8,13H,3-6H2,1-2H3,(H,12,16). The fraction of sp³-hybridized carbons (Fsp3) is 0.545. The first kappa shape index (κ1) is 14.0. The van der Waals surface area contributed by atoms with E-state index in [0.717, 1.165) is 0 Å². The quantitative estimate of drug-likeness (QED) is 0.745. The third-order valence-corrected chi connectivity index (χ3v) is 5.02. The van der Waals surface area contributed by atoms with Crippen LogP contribution in [0.15, 0.2) is 17.2 Å². The van der Waals surface area contributed by atoms with Gasteiger partial charge in [0, 0.05) is 46.5 Å². The molecule has 106 valence electrons. The second-order valence-corrected chi connectivity index (χ2v) is 6.34. The van der Waals surface area contributed by atoms with E-state index >= 15 is 0 Å². The predicted molar refractivity (Wildman–Crippen MR) is 70.4 cm³/mol. The van der Waals surface area contributed by atoms with Crippen LogP contribution in [-0.4, -0.2) is 56.4 Å². The number of rotatable bonds is 3. The minimum atomic E-state index is -3.51. The molecule has 0 spiro atoms. The van der Waals surface area contributed by atoms with Gasteiger partial charge in [0.15, 0.2) is 0 Å². The molecule has 2 N–H and O–H groups in total. The van der Waals surface area contributed by atoms with Gasteiger partial charge in [-0.1, -0.05) is 0 Å².